The minimum atomic E-state index is -0.343. The number of carbonyl (C=O) groups excluding carboxylic acids is 2. The highest BCUT2D eigenvalue weighted by molar-refractivity contribution is 6.35. The maximum absolute atomic E-state index is 11.6. The number of amides is 1. The highest BCUT2D eigenvalue weighted by atomic mass is 35.5. The molecule has 0 spiro atoms. The number of rotatable bonds is 2. The molecule has 1 aromatic carbocycles. The number of nitrogens with one attached hydrogen (secondary N) is 1. The molecule has 1 heterocycles. The number of ketones is 1. The summed E-state index contributed by atoms with van der Waals surface area (Å²) in [4.78, 5) is 23.3. The van der Waals surface area contributed by atoms with Crippen LogP contribution < -0.4 is 5.32 Å². The van der Waals surface area contributed by atoms with Crippen molar-refractivity contribution in [2.75, 3.05) is 11.2 Å². The normalized spacial score (nSPS) is 17.0. The van der Waals surface area contributed by atoms with Gasteiger partial charge in [-0.15, -0.1) is 11.6 Å². The first kappa shape index (κ1) is 13.4. The molecule has 18 heavy (non-hydrogen) atoms. The van der Waals surface area contributed by atoms with E-state index in [9.17, 15) is 9.59 Å². The van der Waals surface area contributed by atoms with Crippen LogP contribution in [0.4, 0.5) is 5.69 Å². The van der Waals surface area contributed by atoms with Crippen molar-refractivity contribution in [3.63, 3.8) is 0 Å². The molecule has 96 valence electrons. The summed E-state index contributed by atoms with van der Waals surface area (Å²) in [6.45, 7) is 3.91. The SMILES string of the molecule is CC1(C)CC(=O)Nc2c(Cl)cc(C(=O)CCl)cc21. The highest BCUT2D eigenvalue weighted by Crippen LogP contribution is 2.41. The third kappa shape index (κ3) is 2.25. The summed E-state index contributed by atoms with van der Waals surface area (Å²) in [6, 6.07) is 3.32. The number of halogens is 2. The van der Waals surface area contributed by atoms with E-state index in [1.165, 1.54) is 0 Å². The van der Waals surface area contributed by atoms with E-state index in [2.05, 4.69) is 5.32 Å². The Morgan fingerprint density at radius 2 is 2.11 bits per heavy atom. The summed E-state index contributed by atoms with van der Waals surface area (Å²) in [5, 5.41) is 3.13. The quantitative estimate of drug-likeness (QED) is 0.669. The second kappa shape index (κ2) is 4.56. The molecule has 0 unspecified atom stereocenters. The van der Waals surface area contributed by atoms with E-state index in [-0.39, 0.29) is 23.0 Å². The van der Waals surface area contributed by atoms with E-state index >= 15 is 0 Å². The number of carbonyl (C=O) groups is 2. The highest BCUT2D eigenvalue weighted by Gasteiger charge is 2.33. The molecule has 3 nitrogen and oxygen atoms in total. The molecule has 0 saturated heterocycles. The van der Waals surface area contributed by atoms with Gasteiger partial charge in [-0.2, -0.15) is 0 Å². The van der Waals surface area contributed by atoms with Gasteiger partial charge in [-0.05, 0) is 17.7 Å². The number of hydrogen-bond acceptors (Lipinski definition) is 2. The number of alkyl halides is 1. The molecule has 5 heteroatoms. The van der Waals surface area contributed by atoms with Crippen LogP contribution in [-0.4, -0.2) is 17.6 Å². The van der Waals surface area contributed by atoms with E-state index < -0.39 is 0 Å². The molecule has 0 saturated carbocycles. The Morgan fingerprint density at radius 3 is 2.72 bits per heavy atom. The summed E-state index contributed by atoms with van der Waals surface area (Å²) in [7, 11) is 0. The minimum Gasteiger partial charge on any atom is -0.324 e. The van der Waals surface area contributed by atoms with Crippen LogP contribution in [0.5, 0.6) is 0 Å². The van der Waals surface area contributed by atoms with Gasteiger partial charge in [0.2, 0.25) is 5.91 Å². The molecule has 0 radical (unpaired) electrons. The molecule has 1 amide bonds. The Morgan fingerprint density at radius 1 is 1.44 bits per heavy atom. The Kier molecular flexibility index (Phi) is 3.39. The Bertz CT molecular complexity index is 538. The number of Topliss-reactive ketones (excluding diaryl/α,β-unsaturated/α-hetero) is 1. The van der Waals surface area contributed by atoms with E-state index in [0.717, 1.165) is 5.56 Å². The minimum absolute atomic E-state index is 0.0641. The van der Waals surface area contributed by atoms with Gasteiger partial charge < -0.3 is 5.32 Å². The summed E-state index contributed by atoms with van der Waals surface area (Å²) < 4.78 is 0. The third-order valence-corrected chi connectivity index (χ3v) is 3.67. The lowest BCUT2D eigenvalue weighted by Crippen LogP contribution is -2.33. The van der Waals surface area contributed by atoms with Crippen molar-refractivity contribution >= 4 is 40.6 Å². The lowest BCUT2D eigenvalue weighted by atomic mass is 9.77. The maximum atomic E-state index is 11.6. The maximum Gasteiger partial charge on any atom is 0.225 e. The topological polar surface area (TPSA) is 46.2 Å². The first-order valence-electron chi connectivity index (χ1n) is 5.58. The van der Waals surface area contributed by atoms with Gasteiger partial charge in [0.05, 0.1) is 16.6 Å². The lowest BCUT2D eigenvalue weighted by Gasteiger charge is -2.33. The molecular weight excluding hydrogens is 273 g/mol. The predicted octanol–water partition coefficient (Wildman–Crippen LogP) is 3.38. The van der Waals surface area contributed by atoms with E-state index in [4.69, 9.17) is 23.2 Å². The van der Waals surface area contributed by atoms with Gasteiger partial charge in [0.15, 0.2) is 5.78 Å². The molecule has 1 N–H and O–H groups in total. The second-order valence-corrected chi connectivity index (χ2v) is 5.72. The molecule has 1 aliphatic rings. The van der Waals surface area contributed by atoms with Crippen LogP contribution >= 0.6 is 23.2 Å². The molecular formula is C13H13Cl2NO2. The van der Waals surface area contributed by atoms with Gasteiger partial charge in [0.1, 0.15) is 0 Å². The largest absolute Gasteiger partial charge is 0.324 e. The van der Waals surface area contributed by atoms with Crippen molar-refractivity contribution in [3.05, 3.63) is 28.3 Å². The molecule has 0 aliphatic carbocycles. The van der Waals surface area contributed by atoms with Crippen LogP contribution in [0.1, 0.15) is 36.2 Å². The van der Waals surface area contributed by atoms with Gasteiger partial charge >= 0.3 is 0 Å². The fraction of sp³-hybridized carbons (Fsp3) is 0.385. The van der Waals surface area contributed by atoms with Gasteiger partial charge in [-0.3, -0.25) is 9.59 Å². The monoisotopic (exact) mass is 285 g/mol. The van der Waals surface area contributed by atoms with Gasteiger partial charge in [0, 0.05) is 17.4 Å². The Balaban J connectivity index is 2.62. The number of benzene rings is 1. The first-order valence-corrected chi connectivity index (χ1v) is 6.49. The Hall–Kier alpha value is -1.06. The van der Waals surface area contributed by atoms with Crippen molar-refractivity contribution in [2.45, 2.75) is 25.7 Å². The second-order valence-electron chi connectivity index (χ2n) is 5.05. The van der Waals surface area contributed by atoms with Crippen molar-refractivity contribution < 1.29 is 9.59 Å². The summed E-state index contributed by atoms with van der Waals surface area (Å²) in [6.07, 6.45) is 0.370. The van der Waals surface area contributed by atoms with Crippen molar-refractivity contribution in [1.82, 2.24) is 0 Å². The molecule has 1 aromatic rings. The molecule has 0 bridgehead atoms. The standard InChI is InChI=1S/C13H13Cl2NO2/c1-13(2)5-11(18)16-12-8(13)3-7(4-9(12)15)10(17)6-14/h3-4H,5-6H2,1-2H3,(H,16,18). The van der Waals surface area contributed by atoms with Crippen LogP contribution in [-0.2, 0) is 10.2 Å². The van der Waals surface area contributed by atoms with Crippen molar-refractivity contribution in [2.24, 2.45) is 0 Å². The molecule has 0 fully saturated rings. The van der Waals surface area contributed by atoms with Gasteiger partial charge in [-0.1, -0.05) is 25.4 Å². The summed E-state index contributed by atoms with van der Waals surface area (Å²) in [5.74, 6) is -0.318. The molecule has 0 aromatic heterocycles. The number of hydrogen-bond donors (Lipinski definition) is 1. The smallest absolute Gasteiger partial charge is 0.225 e. The fourth-order valence-corrected chi connectivity index (χ4v) is 2.61. The zero-order valence-electron chi connectivity index (χ0n) is 10.1. The first-order chi connectivity index (χ1) is 8.35. The zero-order chi connectivity index (χ0) is 13.5. The summed E-state index contributed by atoms with van der Waals surface area (Å²) in [5.41, 5.74) is 1.62. The lowest BCUT2D eigenvalue weighted by molar-refractivity contribution is -0.117. The van der Waals surface area contributed by atoms with E-state index in [1.807, 2.05) is 13.8 Å². The Labute approximate surface area is 115 Å². The van der Waals surface area contributed by atoms with Crippen molar-refractivity contribution in [1.29, 1.82) is 0 Å². The van der Waals surface area contributed by atoms with Crippen LogP contribution in [0.2, 0.25) is 5.02 Å². The summed E-state index contributed by atoms with van der Waals surface area (Å²) >= 11 is 11.7. The van der Waals surface area contributed by atoms with E-state index in [0.29, 0.717) is 22.7 Å². The molecule has 0 atom stereocenters. The van der Waals surface area contributed by atoms with Crippen molar-refractivity contribution in [3.8, 4) is 0 Å². The van der Waals surface area contributed by atoms with E-state index in [1.54, 1.807) is 12.1 Å². The van der Waals surface area contributed by atoms with Crippen LogP contribution in [0.15, 0.2) is 12.1 Å². The number of anilines is 1. The molecule has 2 rings (SSSR count). The average Bonchev–Trinajstić information content (AvgIpc) is 2.28. The van der Waals surface area contributed by atoms with Gasteiger partial charge in [-0.25, -0.2) is 0 Å². The molecule has 1 aliphatic heterocycles. The van der Waals surface area contributed by atoms with Gasteiger partial charge in [0.25, 0.3) is 0 Å². The zero-order valence-corrected chi connectivity index (χ0v) is 11.7. The average molecular weight is 286 g/mol. The predicted molar refractivity (Wildman–Crippen MR) is 72.8 cm³/mol. The van der Waals surface area contributed by atoms with Crippen LogP contribution in [0.3, 0.4) is 0 Å². The number of fused-ring (bicyclic) bond motifs is 1. The third-order valence-electron chi connectivity index (χ3n) is 3.13. The fourth-order valence-electron chi connectivity index (χ4n) is 2.19. The van der Waals surface area contributed by atoms with Crippen LogP contribution in [0, 0.1) is 0 Å². The van der Waals surface area contributed by atoms with Crippen LogP contribution in [0.25, 0.3) is 0 Å².